The minimum atomic E-state index is 0.00676. The molecule has 0 aromatic carbocycles. The highest BCUT2D eigenvalue weighted by molar-refractivity contribution is 6.06. The third kappa shape index (κ3) is 8.61. The van der Waals surface area contributed by atoms with E-state index in [0.717, 1.165) is 135 Å². The van der Waals surface area contributed by atoms with Crippen molar-refractivity contribution in [3.63, 3.8) is 0 Å². The van der Waals surface area contributed by atoms with Gasteiger partial charge in [0.1, 0.15) is 0 Å². The van der Waals surface area contributed by atoms with Crippen molar-refractivity contribution in [1.29, 1.82) is 0 Å². The van der Waals surface area contributed by atoms with Gasteiger partial charge < -0.3 is 9.80 Å². The summed E-state index contributed by atoms with van der Waals surface area (Å²) in [5.74, 6) is 3.06. The second-order valence-corrected chi connectivity index (χ2v) is 17.4. The number of nitrogens with zero attached hydrogens (tertiary/aromatic N) is 10. The molecule has 2 aromatic rings. The summed E-state index contributed by atoms with van der Waals surface area (Å²) in [5, 5.41) is 0. The molecule has 9 rings (SSSR count). The van der Waals surface area contributed by atoms with E-state index in [1.165, 1.54) is 17.7 Å². The lowest BCUT2D eigenvalue weighted by Crippen LogP contribution is -2.48. The fraction of sp³-hybridized carbons (Fsp3) is 0.714. The monoisotopic (exact) mass is 768 g/mol. The second-order valence-electron chi connectivity index (χ2n) is 17.4. The van der Waals surface area contributed by atoms with Crippen molar-refractivity contribution < 1.29 is 19.2 Å². The van der Waals surface area contributed by atoms with Crippen molar-refractivity contribution in [2.24, 2.45) is 29.1 Å². The second kappa shape index (κ2) is 17.6. The lowest BCUT2D eigenvalue weighted by atomic mass is 9.76. The number of fused-ring (bicyclic) bond motifs is 5. The topological polar surface area (TPSA) is 139 Å². The smallest absolute Gasteiger partial charge is 0.233 e. The highest BCUT2D eigenvalue weighted by atomic mass is 16.2. The van der Waals surface area contributed by atoms with Gasteiger partial charge in [-0.3, -0.25) is 38.8 Å². The molecule has 3 aliphatic carbocycles. The summed E-state index contributed by atoms with van der Waals surface area (Å²) in [7, 11) is 0. The highest BCUT2D eigenvalue weighted by Gasteiger charge is 2.60. The van der Waals surface area contributed by atoms with Gasteiger partial charge in [0, 0.05) is 103 Å². The Morgan fingerprint density at radius 1 is 0.536 bits per heavy atom. The maximum absolute atomic E-state index is 12.7. The first kappa shape index (κ1) is 38.8. The van der Waals surface area contributed by atoms with Crippen LogP contribution in [0.15, 0.2) is 36.9 Å². The number of hydrogen-bond donors (Lipinski definition) is 0. The third-order valence-corrected chi connectivity index (χ3v) is 14.0. The minimum Gasteiger partial charge on any atom is -0.338 e. The summed E-state index contributed by atoms with van der Waals surface area (Å²) in [4.78, 5) is 80.3. The average molecular weight is 769 g/mol. The molecule has 0 unspecified atom stereocenters. The van der Waals surface area contributed by atoms with Crippen LogP contribution in [-0.2, 0) is 19.2 Å². The van der Waals surface area contributed by atoms with Crippen LogP contribution in [0.2, 0.25) is 0 Å². The van der Waals surface area contributed by atoms with Gasteiger partial charge in [-0.05, 0) is 100 Å². The molecule has 7 fully saturated rings. The molecule has 3 saturated carbocycles. The van der Waals surface area contributed by atoms with E-state index in [2.05, 4.69) is 39.5 Å². The molecule has 7 aliphatic rings. The summed E-state index contributed by atoms with van der Waals surface area (Å²) in [6.07, 6.45) is 20.0. The van der Waals surface area contributed by atoms with E-state index in [9.17, 15) is 19.2 Å². The van der Waals surface area contributed by atoms with E-state index < -0.39 is 0 Å². The van der Waals surface area contributed by atoms with Gasteiger partial charge in [0.2, 0.25) is 35.5 Å². The molecule has 56 heavy (non-hydrogen) atoms. The van der Waals surface area contributed by atoms with Crippen LogP contribution in [0.3, 0.4) is 0 Å². The molecule has 14 nitrogen and oxygen atoms in total. The van der Waals surface area contributed by atoms with E-state index in [1.54, 1.807) is 29.7 Å². The van der Waals surface area contributed by atoms with E-state index in [1.807, 2.05) is 12.1 Å². The van der Waals surface area contributed by atoms with Crippen molar-refractivity contribution in [2.75, 3.05) is 88.3 Å². The number of hydrogen-bond acceptors (Lipinski definition) is 12. The fourth-order valence-corrected chi connectivity index (χ4v) is 10.9. The Labute approximate surface area is 331 Å². The molecule has 302 valence electrons. The first-order valence-electron chi connectivity index (χ1n) is 21.5. The highest BCUT2D eigenvalue weighted by Crippen LogP contribution is 2.56. The zero-order valence-electron chi connectivity index (χ0n) is 33.1. The summed E-state index contributed by atoms with van der Waals surface area (Å²) >= 11 is 0. The summed E-state index contributed by atoms with van der Waals surface area (Å²) in [6, 6.07) is 3.68. The largest absolute Gasteiger partial charge is 0.338 e. The summed E-state index contributed by atoms with van der Waals surface area (Å²) in [6.45, 7) is 11.0. The van der Waals surface area contributed by atoms with E-state index in [-0.39, 0.29) is 40.9 Å². The molecule has 2 aromatic heterocycles. The molecule has 4 amide bonds. The number of piperidine rings is 1. The van der Waals surface area contributed by atoms with Crippen LogP contribution in [0.4, 0.5) is 11.9 Å². The van der Waals surface area contributed by atoms with Gasteiger partial charge >= 0.3 is 0 Å². The quantitative estimate of drug-likeness (QED) is 0.231. The maximum atomic E-state index is 12.7. The fourth-order valence-electron chi connectivity index (χ4n) is 10.9. The van der Waals surface area contributed by atoms with Gasteiger partial charge in [0.25, 0.3) is 0 Å². The molecule has 4 aliphatic heterocycles. The van der Waals surface area contributed by atoms with Crippen LogP contribution in [0.5, 0.6) is 0 Å². The lowest BCUT2D eigenvalue weighted by Gasteiger charge is -2.37. The van der Waals surface area contributed by atoms with Crippen molar-refractivity contribution in [3.8, 4) is 0 Å². The number of rotatable bonds is 12. The Bertz CT molecular complexity index is 1610. The van der Waals surface area contributed by atoms with Crippen LogP contribution in [-0.4, -0.2) is 142 Å². The van der Waals surface area contributed by atoms with Crippen molar-refractivity contribution in [2.45, 2.75) is 83.5 Å². The Morgan fingerprint density at radius 2 is 0.946 bits per heavy atom. The Balaban J connectivity index is 0.000000157. The SMILES string of the molecule is O=C1CC2(CCCC2)CC(=O)N1CCCCN1CCN(c2ncccn2)CC1.O=C1[C@@H]2[C@H]3CC[C@H](C3)[C@@H]2C(=O)N1CCCCN1CCN(c2ncccn2)CC1. The Hall–Kier alpha value is -4.04. The number of aromatic nitrogens is 4. The van der Waals surface area contributed by atoms with Gasteiger partial charge in [-0.2, -0.15) is 0 Å². The van der Waals surface area contributed by atoms with E-state index in [0.29, 0.717) is 37.8 Å². The first-order valence-corrected chi connectivity index (χ1v) is 21.5. The predicted molar refractivity (Wildman–Crippen MR) is 211 cm³/mol. The van der Waals surface area contributed by atoms with Gasteiger partial charge in [-0.25, -0.2) is 19.9 Å². The molecule has 14 heteroatoms. The molecule has 4 atom stereocenters. The van der Waals surface area contributed by atoms with Gasteiger partial charge in [-0.1, -0.05) is 12.8 Å². The molecule has 6 heterocycles. The number of carbonyl (C=O) groups is 4. The number of imide groups is 2. The summed E-state index contributed by atoms with van der Waals surface area (Å²) in [5.41, 5.74) is 0.00676. The molecule has 1 spiro atoms. The number of carbonyl (C=O) groups excluding carboxylic acids is 4. The number of unbranched alkanes of at least 4 members (excludes halogenated alkanes) is 2. The number of piperazine rings is 2. The van der Waals surface area contributed by atoms with Crippen molar-refractivity contribution in [3.05, 3.63) is 36.9 Å². The van der Waals surface area contributed by atoms with Crippen LogP contribution in [0, 0.1) is 29.1 Å². The van der Waals surface area contributed by atoms with E-state index in [4.69, 9.17) is 0 Å². The average Bonchev–Trinajstić information content (AvgIpc) is 4.03. The molecule has 4 saturated heterocycles. The van der Waals surface area contributed by atoms with Crippen LogP contribution in [0.25, 0.3) is 0 Å². The molecular formula is C42H60N10O4. The minimum absolute atomic E-state index is 0.00676. The van der Waals surface area contributed by atoms with Gasteiger partial charge in [-0.15, -0.1) is 0 Å². The van der Waals surface area contributed by atoms with Crippen LogP contribution < -0.4 is 9.80 Å². The third-order valence-electron chi connectivity index (χ3n) is 14.0. The normalized spacial score (nSPS) is 27.7. The van der Waals surface area contributed by atoms with Crippen LogP contribution >= 0.6 is 0 Å². The van der Waals surface area contributed by atoms with E-state index >= 15 is 0 Å². The predicted octanol–water partition coefficient (Wildman–Crippen LogP) is 3.50. The zero-order chi connectivity index (χ0) is 38.5. The zero-order valence-corrected chi connectivity index (χ0v) is 33.1. The first-order chi connectivity index (χ1) is 27.4. The van der Waals surface area contributed by atoms with Gasteiger partial charge in [0.05, 0.1) is 11.8 Å². The van der Waals surface area contributed by atoms with Gasteiger partial charge in [0.15, 0.2) is 0 Å². The van der Waals surface area contributed by atoms with Crippen molar-refractivity contribution in [1.82, 2.24) is 39.5 Å². The lowest BCUT2D eigenvalue weighted by molar-refractivity contribution is -0.153. The summed E-state index contributed by atoms with van der Waals surface area (Å²) < 4.78 is 0. The Kier molecular flexibility index (Phi) is 12.2. The van der Waals surface area contributed by atoms with Crippen LogP contribution in [0.1, 0.15) is 83.5 Å². The molecule has 0 N–H and O–H groups in total. The molecular weight excluding hydrogens is 709 g/mol. The molecule has 0 radical (unpaired) electrons. The number of likely N-dealkylation sites (tertiary alicyclic amines) is 2. The molecule has 2 bridgehead atoms. The number of anilines is 2. The standard InChI is InChI=1S/C21H29N5O2.C21H31N5O2/c27-19-17-15-4-5-16(14-15)18(17)20(28)26(19)9-2-1-8-24-10-12-25(13-11-24)21-22-6-3-7-23-21;27-18-16-21(6-1-2-7-21)17-19(28)26(18)11-4-3-10-24-12-14-25(15-13-24)20-22-8-5-9-23-20/h3,6-7,15-18H,1-2,4-5,8-14H2;5,8-9H,1-4,6-7,10-17H2/t15-,16+,17+,18-;. The maximum Gasteiger partial charge on any atom is 0.233 e. The number of amides is 4. The Morgan fingerprint density at radius 3 is 1.39 bits per heavy atom. The van der Waals surface area contributed by atoms with Crippen molar-refractivity contribution >= 4 is 35.5 Å².